The number of nitrogens with one attached hydrogen (secondary N) is 3. The number of carbonyl (C=O) groups is 8. The summed E-state index contributed by atoms with van der Waals surface area (Å²) in [6, 6.07) is 4.57. The van der Waals surface area contributed by atoms with Crippen LogP contribution in [0.1, 0.15) is 112 Å². The molecule has 330 valence electrons. The Kier molecular flexibility index (Phi) is 21.7. The van der Waals surface area contributed by atoms with Gasteiger partial charge in [-0.1, -0.05) is 67.0 Å². The quantitative estimate of drug-likeness (QED) is 0.0661. The molecule has 0 aliphatic carbocycles. The van der Waals surface area contributed by atoms with E-state index in [1.807, 2.05) is 34.6 Å². The normalized spacial score (nSPS) is 16.1. The second-order valence-corrected chi connectivity index (χ2v) is 17.7. The molecule has 15 nitrogen and oxygen atoms in total. The molecule has 1 aromatic carbocycles. The molecule has 2 rings (SSSR count). The number of primary amides is 1. The maximum Gasteiger partial charge on any atom is 0.410 e. The van der Waals surface area contributed by atoms with Crippen LogP contribution in [0.4, 0.5) is 15.3 Å². The maximum absolute atomic E-state index is 13.7. The van der Waals surface area contributed by atoms with Crippen molar-refractivity contribution in [3.8, 4) is 0 Å². The van der Waals surface area contributed by atoms with Crippen molar-refractivity contribution >= 4 is 64.8 Å². The van der Waals surface area contributed by atoms with Crippen molar-refractivity contribution in [2.75, 3.05) is 31.7 Å². The summed E-state index contributed by atoms with van der Waals surface area (Å²) in [6.45, 7) is 14.1. The van der Waals surface area contributed by atoms with E-state index in [1.165, 1.54) is 21.6 Å². The Morgan fingerprint density at radius 3 is 2.10 bits per heavy atom. The number of nitrogens with zero attached hydrogens (tertiary/aromatic N) is 2. The number of thioether (sulfide) groups is 1. The van der Waals surface area contributed by atoms with Crippen molar-refractivity contribution in [3.05, 3.63) is 29.8 Å². The highest BCUT2D eigenvalue weighted by molar-refractivity contribution is 8.00. The lowest BCUT2D eigenvalue weighted by atomic mass is 9.87. The van der Waals surface area contributed by atoms with E-state index in [2.05, 4.69) is 29.8 Å². The van der Waals surface area contributed by atoms with Gasteiger partial charge in [0.1, 0.15) is 6.61 Å². The van der Waals surface area contributed by atoms with Crippen molar-refractivity contribution < 1.29 is 43.1 Å². The molecule has 5 N–H and O–H groups in total. The lowest BCUT2D eigenvalue weighted by Gasteiger charge is -2.30. The summed E-state index contributed by atoms with van der Waals surface area (Å²) in [7, 11) is 1.57. The standard InChI is InChI=1S/C43H68N6O9S/c1-26(2)29(7)22-34(51)39(28(5)6)48(8)43(57)58-25-30-16-18-32(19-17-30)46-40(54)31(14-13-20-45-42(44)56)23-33(50)38(27(3)4)47-36(52)15-11-10-12-21-49-37(53)24-35(59-9)41(49)55/h16-19,26-29,31,35,38-39H,10-15,20-25H2,1-9H3,(H,46,54)(H,47,52)(H3,44,45,56)/t29?,31-,35?,38+,39+/m1/s1. The first-order valence-electron chi connectivity index (χ1n) is 20.8. The average molecular weight is 845 g/mol. The van der Waals surface area contributed by atoms with Gasteiger partial charge in [-0.25, -0.2) is 9.59 Å². The van der Waals surface area contributed by atoms with Crippen LogP contribution in [0, 0.1) is 29.6 Å². The fraction of sp³-hybridized carbons (Fsp3) is 0.674. The van der Waals surface area contributed by atoms with E-state index in [9.17, 15) is 38.4 Å². The maximum atomic E-state index is 13.7. The van der Waals surface area contributed by atoms with Crippen LogP contribution < -0.4 is 21.7 Å². The predicted octanol–water partition coefficient (Wildman–Crippen LogP) is 5.69. The third-order valence-electron chi connectivity index (χ3n) is 10.9. The molecule has 2 unspecified atom stereocenters. The minimum atomic E-state index is -0.830. The van der Waals surface area contributed by atoms with Crippen LogP contribution in [0.3, 0.4) is 0 Å². The van der Waals surface area contributed by atoms with Gasteiger partial charge in [-0.05, 0) is 73.3 Å². The van der Waals surface area contributed by atoms with E-state index in [-0.39, 0.29) is 91.1 Å². The molecule has 1 aliphatic heterocycles. The first-order valence-corrected chi connectivity index (χ1v) is 22.1. The average Bonchev–Trinajstić information content (AvgIpc) is 3.44. The minimum absolute atomic E-state index is 0.00443. The number of anilines is 1. The number of imide groups is 1. The van der Waals surface area contributed by atoms with Crippen LogP contribution in [-0.2, 0) is 40.1 Å². The van der Waals surface area contributed by atoms with Gasteiger partial charge in [0.15, 0.2) is 11.6 Å². The molecule has 0 aromatic heterocycles. The van der Waals surface area contributed by atoms with Gasteiger partial charge < -0.3 is 31.3 Å². The van der Waals surface area contributed by atoms with Crippen molar-refractivity contribution in [1.82, 2.24) is 20.4 Å². The highest BCUT2D eigenvalue weighted by atomic mass is 32.2. The molecule has 59 heavy (non-hydrogen) atoms. The number of urea groups is 1. The summed E-state index contributed by atoms with van der Waals surface area (Å²) >= 11 is 1.37. The Morgan fingerprint density at radius 1 is 0.881 bits per heavy atom. The molecule has 0 spiro atoms. The lowest BCUT2D eigenvalue weighted by molar-refractivity contribution is -0.138. The number of ether oxygens (including phenoxy) is 1. The second kappa shape index (κ2) is 25.2. The highest BCUT2D eigenvalue weighted by Gasteiger charge is 2.37. The third-order valence-corrected chi connectivity index (χ3v) is 11.8. The van der Waals surface area contributed by atoms with Crippen molar-refractivity contribution in [2.24, 2.45) is 35.3 Å². The summed E-state index contributed by atoms with van der Waals surface area (Å²) in [5.74, 6) is -1.97. The smallest absolute Gasteiger partial charge is 0.410 e. The van der Waals surface area contributed by atoms with Crippen molar-refractivity contribution in [3.63, 3.8) is 0 Å². The Morgan fingerprint density at radius 2 is 1.54 bits per heavy atom. The van der Waals surface area contributed by atoms with Gasteiger partial charge in [0.05, 0.1) is 17.3 Å². The van der Waals surface area contributed by atoms with E-state index in [4.69, 9.17) is 10.5 Å². The number of Topliss-reactive ketones (excluding diaryl/α,β-unsaturated/α-hetero) is 2. The topological polar surface area (TPSA) is 214 Å². The Hall–Kier alpha value is -4.47. The molecule has 7 amide bonds. The van der Waals surface area contributed by atoms with Gasteiger partial charge in [-0.2, -0.15) is 11.8 Å². The lowest BCUT2D eigenvalue weighted by Crippen LogP contribution is -2.46. The zero-order chi connectivity index (χ0) is 44.4. The fourth-order valence-corrected chi connectivity index (χ4v) is 7.56. The molecule has 0 bridgehead atoms. The van der Waals surface area contributed by atoms with Crippen LogP contribution in [0.15, 0.2) is 24.3 Å². The van der Waals surface area contributed by atoms with E-state index in [1.54, 1.807) is 37.6 Å². The van der Waals surface area contributed by atoms with Gasteiger partial charge >= 0.3 is 12.1 Å². The summed E-state index contributed by atoms with van der Waals surface area (Å²) in [4.78, 5) is 105. The van der Waals surface area contributed by atoms with Crippen molar-refractivity contribution in [1.29, 1.82) is 0 Å². The number of amides is 7. The molecule has 1 aromatic rings. The van der Waals surface area contributed by atoms with Crippen LogP contribution in [0.25, 0.3) is 0 Å². The van der Waals surface area contributed by atoms with Crippen LogP contribution >= 0.6 is 11.8 Å². The molecule has 1 aliphatic rings. The molecule has 0 saturated carbocycles. The molecular formula is C43H68N6O9S. The predicted molar refractivity (Wildman–Crippen MR) is 229 cm³/mol. The molecule has 5 atom stereocenters. The first-order chi connectivity index (χ1) is 27.8. The zero-order valence-electron chi connectivity index (χ0n) is 36.5. The largest absolute Gasteiger partial charge is 0.445 e. The number of likely N-dealkylation sites (N-methyl/N-ethyl adjacent to an activating group) is 1. The molecular weight excluding hydrogens is 777 g/mol. The van der Waals surface area contributed by atoms with Crippen LogP contribution in [0.2, 0.25) is 0 Å². The number of rotatable bonds is 26. The fourth-order valence-electron chi connectivity index (χ4n) is 6.92. The SMILES string of the molecule is CSC1CC(=O)N(CCCCCC(=O)N[C@H](C(=O)C[C@@H](CCCNC(N)=O)C(=O)Nc2ccc(COC(=O)N(C)[C@H](C(=O)CC(C)C(C)C)C(C)C)cc2)C(C)C)C1=O. The van der Waals surface area contributed by atoms with E-state index >= 15 is 0 Å². The number of hydrogen-bond acceptors (Lipinski definition) is 10. The monoisotopic (exact) mass is 844 g/mol. The number of carbonyl (C=O) groups excluding carboxylic acids is 8. The number of ketones is 2. The van der Waals surface area contributed by atoms with Crippen LogP contribution in [-0.4, -0.2) is 101 Å². The molecule has 0 radical (unpaired) electrons. The Balaban J connectivity index is 1.99. The number of benzene rings is 1. The van der Waals surface area contributed by atoms with Gasteiger partial charge in [0.25, 0.3) is 0 Å². The van der Waals surface area contributed by atoms with Crippen LogP contribution in [0.5, 0.6) is 0 Å². The molecule has 1 heterocycles. The summed E-state index contributed by atoms with van der Waals surface area (Å²) in [6.07, 6.45) is 4.14. The van der Waals surface area contributed by atoms with Gasteiger partial charge in [-0.3, -0.25) is 33.7 Å². The summed E-state index contributed by atoms with van der Waals surface area (Å²) in [5, 5.41) is 7.87. The number of hydrogen-bond donors (Lipinski definition) is 4. The number of likely N-dealkylation sites (tertiary alicyclic amines) is 1. The van der Waals surface area contributed by atoms with Crippen molar-refractivity contribution in [2.45, 2.75) is 130 Å². The molecule has 16 heteroatoms. The minimum Gasteiger partial charge on any atom is -0.445 e. The second-order valence-electron chi connectivity index (χ2n) is 16.6. The third kappa shape index (κ3) is 17.0. The summed E-state index contributed by atoms with van der Waals surface area (Å²) in [5.41, 5.74) is 6.32. The van der Waals surface area contributed by atoms with Gasteiger partial charge in [0, 0.05) is 57.4 Å². The Labute approximate surface area is 354 Å². The zero-order valence-corrected chi connectivity index (χ0v) is 37.3. The van der Waals surface area contributed by atoms with Gasteiger partial charge in [-0.15, -0.1) is 0 Å². The van der Waals surface area contributed by atoms with E-state index in [0.29, 0.717) is 55.8 Å². The number of nitrogens with two attached hydrogens (primary N) is 1. The van der Waals surface area contributed by atoms with E-state index in [0.717, 1.165) is 0 Å². The Bertz CT molecular complexity index is 1600. The summed E-state index contributed by atoms with van der Waals surface area (Å²) < 4.78 is 5.55. The molecule has 1 saturated heterocycles. The first kappa shape index (κ1) is 50.7. The van der Waals surface area contributed by atoms with E-state index < -0.39 is 36.0 Å². The van der Waals surface area contributed by atoms with Gasteiger partial charge in [0.2, 0.25) is 23.6 Å². The number of unbranched alkanes of at least 4 members (excludes halogenated alkanes) is 2. The highest BCUT2D eigenvalue weighted by Crippen LogP contribution is 2.25. The molecule has 1 fully saturated rings.